The van der Waals surface area contributed by atoms with Gasteiger partial charge in [0.05, 0.1) is 4.90 Å². The van der Waals surface area contributed by atoms with Crippen LogP contribution in [0.5, 0.6) is 0 Å². The molecule has 1 N–H and O–H groups in total. The van der Waals surface area contributed by atoms with E-state index in [0.717, 1.165) is 0 Å². The van der Waals surface area contributed by atoms with Crippen LogP contribution in [-0.2, 0) is 10.0 Å². The lowest BCUT2D eigenvalue weighted by molar-refractivity contribution is 0.0711. The average molecular weight is 414 g/mol. The fraction of sp³-hybridized carbons (Fsp3) is 0.294. The van der Waals surface area contributed by atoms with Crippen LogP contribution < -0.4 is 4.72 Å². The van der Waals surface area contributed by atoms with E-state index in [2.05, 4.69) is 9.71 Å². The zero-order valence-electron chi connectivity index (χ0n) is 13.7. The summed E-state index contributed by atoms with van der Waals surface area (Å²) in [5.41, 5.74) is 0.373. The standard InChI is InChI=1S/C17H17Cl2N3O3S/c18-15-10-12(11-16(19)20-15)17(23)22-8-6-13(7-9-22)21-26(24,25)14-4-2-1-3-5-14/h1-5,10-11,13,21H,6-9H2. The Morgan fingerprint density at radius 1 is 1.08 bits per heavy atom. The maximum absolute atomic E-state index is 12.6. The number of benzene rings is 1. The fourth-order valence-electron chi connectivity index (χ4n) is 2.86. The van der Waals surface area contributed by atoms with Gasteiger partial charge in [0, 0.05) is 24.7 Å². The van der Waals surface area contributed by atoms with Crippen molar-refractivity contribution < 1.29 is 13.2 Å². The summed E-state index contributed by atoms with van der Waals surface area (Å²) in [6.07, 6.45) is 1.06. The minimum absolute atomic E-state index is 0.159. The number of halogens is 2. The Labute approximate surface area is 162 Å². The van der Waals surface area contributed by atoms with E-state index in [-0.39, 0.29) is 27.2 Å². The van der Waals surface area contributed by atoms with Crippen LogP contribution in [0.25, 0.3) is 0 Å². The summed E-state index contributed by atoms with van der Waals surface area (Å²) >= 11 is 11.7. The molecule has 0 radical (unpaired) electrons. The lowest BCUT2D eigenvalue weighted by Crippen LogP contribution is -2.46. The molecule has 1 saturated heterocycles. The zero-order chi connectivity index (χ0) is 18.7. The summed E-state index contributed by atoms with van der Waals surface area (Å²) in [4.78, 5) is 18.3. The third-order valence-electron chi connectivity index (χ3n) is 4.17. The summed E-state index contributed by atoms with van der Waals surface area (Å²) in [6.45, 7) is 0.886. The lowest BCUT2D eigenvalue weighted by atomic mass is 10.1. The number of aromatic nitrogens is 1. The van der Waals surface area contributed by atoms with E-state index in [4.69, 9.17) is 23.2 Å². The molecule has 2 aromatic rings. The van der Waals surface area contributed by atoms with Gasteiger partial charge in [-0.2, -0.15) is 0 Å². The summed E-state index contributed by atoms with van der Waals surface area (Å²) in [6, 6.07) is 11.0. The number of piperidine rings is 1. The number of hydrogen-bond acceptors (Lipinski definition) is 4. The molecular weight excluding hydrogens is 397 g/mol. The van der Waals surface area contributed by atoms with Gasteiger partial charge in [-0.3, -0.25) is 4.79 Å². The predicted molar refractivity (Wildman–Crippen MR) is 99.9 cm³/mol. The van der Waals surface area contributed by atoms with Crippen LogP contribution in [-0.4, -0.2) is 43.3 Å². The summed E-state index contributed by atoms with van der Waals surface area (Å²) < 4.78 is 27.5. The van der Waals surface area contributed by atoms with Gasteiger partial charge in [0.1, 0.15) is 10.3 Å². The van der Waals surface area contributed by atoms with Crippen molar-refractivity contribution in [1.29, 1.82) is 0 Å². The van der Waals surface area contributed by atoms with Gasteiger partial charge < -0.3 is 4.90 Å². The molecule has 0 spiro atoms. The van der Waals surface area contributed by atoms with Crippen LogP contribution in [0.15, 0.2) is 47.4 Å². The summed E-state index contributed by atoms with van der Waals surface area (Å²) in [5, 5.41) is 0.317. The highest BCUT2D eigenvalue weighted by atomic mass is 35.5. The molecule has 6 nitrogen and oxygen atoms in total. The highest BCUT2D eigenvalue weighted by Crippen LogP contribution is 2.20. The van der Waals surface area contributed by atoms with Gasteiger partial charge in [0.15, 0.2) is 0 Å². The largest absolute Gasteiger partial charge is 0.339 e. The number of rotatable bonds is 4. The first-order valence-electron chi connectivity index (χ1n) is 8.05. The predicted octanol–water partition coefficient (Wildman–Crippen LogP) is 2.97. The first-order chi connectivity index (χ1) is 12.3. The monoisotopic (exact) mass is 413 g/mol. The van der Waals surface area contributed by atoms with Crippen LogP contribution in [0, 0.1) is 0 Å². The van der Waals surface area contributed by atoms with Gasteiger partial charge in [-0.15, -0.1) is 0 Å². The van der Waals surface area contributed by atoms with Gasteiger partial charge in [0.2, 0.25) is 10.0 Å². The topological polar surface area (TPSA) is 79.4 Å². The molecule has 9 heteroatoms. The Hall–Kier alpha value is -1.67. The first-order valence-corrected chi connectivity index (χ1v) is 10.3. The molecule has 0 aliphatic carbocycles. The molecule has 0 bridgehead atoms. The van der Waals surface area contributed by atoms with E-state index in [1.165, 1.54) is 12.1 Å². The number of hydrogen-bond donors (Lipinski definition) is 1. The van der Waals surface area contributed by atoms with E-state index in [0.29, 0.717) is 31.5 Å². The fourth-order valence-corrected chi connectivity index (χ4v) is 4.64. The van der Waals surface area contributed by atoms with Crippen LogP contribution in [0.3, 0.4) is 0 Å². The number of nitrogens with one attached hydrogen (secondary N) is 1. The zero-order valence-corrected chi connectivity index (χ0v) is 16.1. The van der Waals surface area contributed by atoms with Crippen LogP contribution in [0.2, 0.25) is 10.3 Å². The summed E-state index contributed by atoms with van der Waals surface area (Å²) in [5.74, 6) is -0.194. The van der Waals surface area contributed by atoms with Gasteiger partial charge in [-0.25, -0.2) is 18.1 Å². The molecule has 3 rings (SSSR count). The van der Waals surface area contributed by atoms with E-state index >= 15 is 0 Å². The first kappa shape index (κ1) is 19.1. The second-order valence-electron chi connectivity index (χ2n) is 6.00. The third-order valence-corrected chi connectivity index (χ3v) is 6.09. The van der Waals surface area contributed by atoms with Crippen LogP contribution in [0.4, 0.5) is 0 Å². The molecule has 1 fully saturated rings. The number of carbonyl (C=O) groups excluding carboxylic acids is 1. The second kappa shape index (κ2) is 7.92. The van der Waals surface area contributed by atoms with Crippen molar-refractivity contribution in [2.24, 2.45) is 0 Å². The number of likely N-dealkylation sites (tertiary alicyclic amines) is 1. The Morgan fingerprint density at radius 2 is 1.65 bits per heavy atom. The molecule has 1 aromatic heterocycles. The van der Waals surface area contributed by atoms with Crippen molar-refractivity contribution in [2.75, 3.05) is 13.1 Å². The number of carbonyl (C=O) groups is 1. The molecule has 1 amide bonds. The molecular formula is C17H17Cl2N3O3S. The lowest BCUT2D eigenvalue weighted by Gasteiger charge is -2.32. The molecule has 0 saturated carbocycles. The van der Waals surface area contributed by atoms with Crippen molar-refractivity contribution in [2.45, 2.75) is 23.8 Å². The molecule has 2 heterocycles. The molecule has 1 aromatic carbocycles. The number of sulfonamides is 1. The van der Waals surface area contributed by atoms with Crippen molar-refractivity contribution in [3.05, 3.63) is 58.3 Å². The highest BCUT2D eigenvalue weighted by Gasteiger charge is 2.27. The Kier molecular flexibility index (Phi) is 5.82. The van der Waals surface area contributed by atoms with Crippen molar-refractivity contribution >= 4 is 39.1 Å². The number of amides is 1. The number of pyridine rings is 1. The maximum Gasteiger partial charge on any atom is 0.254 e. The molecule has 26 heavy (non-hydrogen) atoms. The van der Waals surface area contributed by atoms with Crippen molar-refractivity contribution in [1.82, 2.24) is 14.6 Å². The van der Waals surface area contributed by atoms with E-state index in [1.807, 2.05) is 0 Å². The minimum atomic E-state index is -3.56. The highest BCUT2D eigenvalue weighted by molar-refractivity contribution is 7.89. The van der Waals surface area contributed by atoms with Gasteiger partial charge in [0.25, 0.3) is 5.91 Å². The Bertz CT molecular complexity index is 878. The molecule has 1 aliphatic heterocycles. The number of nitrogens with zero attached hydrogens (tertiary/aromatic N) is 2. The van der Waals surface area contributed by atoms with Gasteiger partial charge in [-0.1, -0.05) is 41.4 Å². The third kappa shape index (κ3) is 4.54. The Balaban J connectivity index is 1.61. The van der Waals surface area contributed by atoms with E-state index in [1.54, 1.807) is 35.2 Å². The average Bonchev–Trinajstić information content (AvgIpc) is 2.61. The second-order valence-corrected chi connectivity index (χ2v) is 8.49. The smallest absolute Gasteiger partial charge is 0.254 e. The normalized spacial score (nSPS) is 15.8. The molecule has 138 valence electrons. The van der Waals surface area contributed by atoms with Crippen molar-refractivity contribution in [3.8, 4) is 0 Å². The van der Waals surface area contributed by atoms with Crippen molar-refractivity contribution in [3.63, 3.8) is 0 Å². The van der Waals surface area contributed by atoms with Gasteiger partial charge in [-0.05, 0) is 37.1 Å². The van der Waals surface area contributed by atoms with Crippen LogP contribution >= 0.6 is 23.2 Å². The molecule has 1 aliphatic rings. The van der Waals surface area contributed by atoms with Crippen LogP contribution in [0.1, 0.15) is 23.2 Å². The SMILES string of the molecule is O=C(c1cc(Cl)nc(Cl)c1)N1CCC(NS(=O)(=O)c2ccccc2)CC1. The summed E-state index contributed by atoms with van der Waals surface area (Å²) in [7, 11) is -3.56. The molecule has 0 atom stereocenters. The van der Waals surface area contributed by atoms with E-state index < -0.39 is 10.0 Å². The quantitative estimate of drug-likeness (QED) is 0.781. The Morgan fingerprint density at radius 3 is 2.23 bits per heavy atom. The maximum atomic E-state index is 12.6. The molecule has 0 unspecified atom stereocenters. The van der Waals surface area contributed by atoms with E-state index in [9.17, 15) is 13.2 Å². The minimum Gasteiger partial charge on any atom is -0.339 e. The van der Waals surface area contributed by atoms with Gasteiger partial charge >= 0.3 is 0 Å².